The first kappa shape index (κ1) is 26.9. The average molecular weight is 603 g/mol. The molecular weight excluding hydrogens is 573 g/mol. The van der Waals surface area contributed by atoms with Crippen LogP contribution in [0.2, 0.25) is 0 Å². The first-order valence-electron chi connectivity index (χ1n) is 15.8. The Bertz CT molecular complexity index is 2570. The van der Waals surface area contributed by atoms with E-state index in [1.165, 1.54) is 91.8 Å². The van der Waals surface area contributed by atoms with Crippen molar-refractivity contribution in [3.63, 3.8) is 0 Å². The average Bonchev–Trinajstić information content (AvgIpc) is 3.48. The molecule has 46 heavy (non-hydrogen) atoms. The lowest BCUT2D eigenvalue weighted by atomic mass is 9.85. The third kappa shape index (κ3) is 4.43. The first-order chi connectivity index (χ1) is 22.7. The highest BCUT2D eigenvalue weighted by Gasteiger charge is 2.17. The lowest BCUT2D eigenvalue weighted by Gasteiger charge is -2.19. The van der Waals surface area contributed by atoms with Gasteiger partial charge in [0.1, 0.15) is 0 Å². The van der Waals surface area contributed by atoms with Crippen LogP contribution < -0.4 is 0 Å². The number of hydrogen-bond donors (Lipinski definition) is 0. The first-order valence-corrected chi connectivity index (χ1v) is 16.7. The van der Waals surface area contributed by atoms with Crippen LogP contribution in [0.3, 0.4) is 0 Å². The number of aryl methyl sites for hydroxylation is 1. The highest BCUT2D eigenvalue weighted by Crippen LogP contribution is 2.45. The minimum absolute atomic E-state index is 1.22. The van der Waals surface area contributed by atoms with Gasteiger partial charge in [-0.25, -0.2) is 0 Å². The molecule has 0 aliphatic carbocycles. The lowest BCUT2D eigenvalue weighted by Crippen LogP contribution is -1.91. The van der Waals surface area contributed by atoms with E-state index < -0.39 is 0 Å². The fourth-order valence-electron chi connectivity index (χ4n) is 7.14. The highest BCUT2D eigenvalue weighted by molar-refractivity contribution is 7.25. The standard InChI is InChI=1S/C45H30S/c1-29-19-23-42-39(25-29)40-27-35(21-24-43(40)46-42)33-16-10-15-32(26-33)34-20-22-38-41(28-34)45(31-13-6-3-7-14-31)37-18-9-8-17-36(37)44(38)30-11-4-2-5-12-30/h2-28H,1H3. The maximum absolute atomic E-state index is 2.41. The van der Waals surface area contributed by atoms with Crippen LogP contribution in [0.5, 0.6) is 0 Å². The molecular formula is C45H30S. The van der Waals surface area contributed by atoms with E-state index in [1.54, 1.807) is 0 Å². The number of rotatable bonds is 4. The normalized spacial score (nSPS) is 11.6. The van der Waals surface area contributed by atoms with Crippen LogP contribution in [0, 0.1) is 6.92 Å². The lowest BCUT2D eigenvalue weighted by molar-refractivity contribution is 1.52. The van der Waals surface area contributed by atoms with Crippen molar-refractivity contribution in [2.75, 3.05) is 0 Å². The highest BCUT2D eigenvalue weighted by atomic mass is 32.1. The van der Waals surface area contributed by atoms with E-state index in [9.17, 15) is 0 Å². The van der Waals surface area contributed by atoms with Gasteiger partial charge in [0.05, 0.1) is 0 Å². The Morgan fingerprint density at radius 3 is 1.41 bits per heavy atom. The number of benzene rings is 8. The zero-order valence-electron chi connectivity index (χ0n) is 25.5. The van der Waals surface area contributed by atoms with E-state index >= 15 is 0 Å². The third-order valence-corrected chi connectivity index (χ3v) is 10.5. The van der Waals surface area contributed by atoms with Crippen molar-refractivity contribution < 1.29 is 0 Å². The molecule has 0 aliphatic heterocycles. The van der Waals surface area contributed by atoms with Gasteiger partial charge in [-0.2, -0.15) is 0 Å². The summed E-state index contributed by atoms with van der Waals surface area (Å²) in [7, 11) is 0. The molecule has 0 bridgehead atoms. The molecule has 0 unspecified atom stereocenters. The summed E-state index contributed by atoms with van der Waals surface area (Å²) in [6, 6.07) is 60.4. The molecule has 1 heteroatoms. The molecule has 9 rings (SSSR count). The van der Waals surface area contributed by atoms with Gasteiger partial charge >= 0.3 is 0 Å². The van der Waals surface area contributed by atoms with E-state index in [2.05, 4.69) is 171 Å². The second kappa shape index (κ2) is 10.8. The summed E-state index contributed by atoms with van der Waals surface area (Å²) in [4.78, 5) is 0. The molecule has 0 amide bonds. The van der Waals surface area contributed by atoms with Crippen molar-refractivity contribution in [1.82, 2.24) is 0 Å². The van der Waals surface area contributed by atoms with Crippen molar-refractivity contribution >= 4 is 53.1 Å². The van der Waals surface area contributed by atoms with Crippen molar-refractivity contribution in [3.8, 4) is 44.5 Å². The van der Waals surface area contributed by atoms with Gasteiger partial charge in [0.15, 0.2) is 0 Å². The predicted molar refractivity (Wildman–Crippen MR) is 201 cm³/mol. The molecule has 0 N–H and O–H groups in total. The van der Waals surface area contributed by atoms with E-state index in [0.29, 0.717) is 0 Å². The summed E-state index contributed by atoms with van der Waals surface area (Å²) >= 11 is 1.87. The Labute approximate surface area is 272 Å². The van der Waals surface area contributed by atoms with Gasteiger partial charge in [-0.15, -0.1) is 11.3 Å². The van der Waals surface area contributed by atoms with Crippen molar-refractivity contribution in [3.05, 3.63) is 169 Å². The molecule has 0 radical (unpaired) electrons. The van der Waals surface area contributed by atoms with Gasteiger partial charge in [0.2, 0.25) is 0 Å². The fourth-order valence-corrected chi connectivity index (χ4v) is 8.21. The smallest absolute Gasteiger partial charge is 0.0355 e. The Balaban J connectivity index is 1.26. The quantitative estimate of drug-likeness (QED) is 0.176. The monoisotopic (exact) mass is 602 g/mol. The summed E-state index contributed by atoms with van der Waals surface area (Å²) in [5, 5.41) is 7.79. The predicted octanol–water partition coefficient (Wildman–Crippen LogP) is 13.3. The molecule has 0 spiro atoms. The Morgan fingerprint density at radius 2 is 0.761 bits per heavy atom. The Kier molecular flexibility index (Phi) is 6.33. The minimum Gasteiger partial charge on any atom is -0.135 e. The maximum atomic E-state index is 2.41. The van der Waals surface area contributed by atoms with Gasteiger partial charge in [-0.05, 0) is 109 Å². The topological polar surface area (TPSA) is 0 Å². The maximum Gasteiger partial charge on any atom is 0.0355 e. The summed E-state index contributed by atoms with van der Waals surface area (Å²) in [6.45, 7) is 2.18. The van der Waals surface area contributed by atoms with Crippen LogP contribution in [0.1, 0.15) is 5.56 Å². The third-order valence-electron chi connectivity index (χ3n) is 9.30. The minimum atomic E-state index is 1.22. The zero-order chi connectivity index (χ0) is 30.6. The molecule has 0 aliphatic rings. The molecule has 0 nitrogen and oxygen atoms in total. The number of fused-ring (bicyclic) bond motifs is 5. The van der Waals surface area contributed by atoms with Crippen molar-refractivity contribution in [1.29, 1.82) is 0 Å². The van der Waals surface area contributed by atoms with Crippen LogP contribution in [-0.4, -0.2) is 0 Å². The molecule has 0 saturated carbocycles. The van der Waals surface area contributed by atoms with E-state index in [1.807, 2.05) is 11.3 Å². The van der Waals surface area contributed by atoms with Crippen LogP contribution in [0.4, 0.5) is 0 Å². The molecule has 0 fully saturated rings. The van der Waals surface area contributed by atoms with Gasteiger partial charge in [-0.1, -0.05) is 133 Å². The van der Waals surface area contributed by atoms with Crippen LogP contribution in [-0.2, 0) is 0 Å². The van der Waals surface area contributed by atoms with Gasteiger partial charge in [-0.3, -0.25) is 0 Å². The summed E-state index contributed by atoms with van der Waals surface area (Å²) in [5.41, 5.74) is 11.3. The molecule has 0 atom stereocenters. The summed E-state index contributed by atoms with van der Waals surface area (Å²) < 4.78 is 2.68. The zero-order valence-corrected chi connectivity index (χ0v) is 26.3. The Morgan fingerprint density at radius 1 is 0.304 bits per heavy atom. The second-order valence-corrected chi connectivity index (χ2v) is 13.3. The molecule has 216 valence electrons. The van der Waals surface area contributed by atoms with E-state index in [-0.39, 0.29) is 0 Å². The van der Waals surface area contributed by atoms with E-state index in [4.69, 9.17) is 0 Å². The summed E-state index contributed by atoms with van der Waals surface area (Å²) in [6.07, 6.45) is 0. The van der Waals surface area contributed by atoms with Crippen molar-refractivity contribution in [2.45, 2.75) is 6.92 Å². The molecule has 1 heterocycles. The number of hydrogen-bond acceptors (Lipinski definition) is 1. The number of thiophene rings is 1. The van der Waals surface area contributed by atoms with E-state index in [0.717, 1.165) is 0 Å². The SMILES string of the molecule is Cc1ccc2sc3ccc(-c4cccc(-c5ccc6c(-c7ccccc7)c7ccccc7c(-c7ccccc7)c6c5)c4)cc3c2c1. The largest absolute Gasteiger partial charge is 0.135 e. The van der Waals surface area contributed by atoms with Crippen molar-refractivity contribution in [2.24, 2.45) is 0 Å². The molecule has 8 aromatic carbocycles. The van der Waals surface area contributed by atoms with Crippen LogP contribution >= 0.6 is 11.3 Å². The second-order valence-electron chi connectivity index (χ2n) is 12.2. The van der Waals surface area contributed by atoms with Gasteiger partial charge in [0, 0.05) is 20.2 Å². The molecule has 9 aromatic rings. The van der Waals surface area contributed by atoms with Crippen LogP contribution in [0.15, 0.2) is 164 Å². The van der Waals surface area contributed by atoms with Crippen LogP contribution in [0.25, 0.3) is 86.2 Å². The van der Waals surface area contributed by atoms with Gasteiger partial charge < -0.3 is 0 Å². The molecule has 0 saturated heterocycles. The fraction of sp³-hybridized carbons (Fsp3) is 0.0222. The molecule has 1 aromatic heterocycles. The van der Waals surface area contributed by atoms with Gasteiger partial charge in [0.25, 0.3) is 0 Å². The Hall–Kier alpha value is -5.50. The summed E-state index contributed by atoms with van der Waals surface area (Å²) in [5.74, 6) is 0.